The summed E-state index contributed by atoms with van der Waals surface area (Å²) in [5.74, 6) is 0. The second-order valence-electron chi connectivity index (χ2n) is 2.31. The summed E-state index contributed by atoms with van der Waals surface area (Å²) in [6.07, 6.45) is 0. The number of hydrogen-bond donors (Lipinski definition) is 0. The van der Waals surface area contributed by atoms with E-state index in [1.807, 2.05) is 26.2 Å². The van der Waals surface area contributed by atoms with Gasteiger partial charge in [0.25, 0.3) is 0 Å². The molecule has 0 fully saturated rings. The van der Waals surface area contributed by atoms with Crippen molar-refractivity contribution in [3.8, 4) is 0 Å². The average molecular weight is 193 g/mol. The van der Waals surface area contributed by atoms with Gasteiger partial charge in [-0.15, -0.1) is 0 Å². The summed E-state index contributed by atoms with van der Waals surface area (Å²) in [4.78, 5) is 0. The van der Waals surface area contributed by atoms with E-state index in [0.717, 1.165) is 0 Å². The number of hydrogen-bond acceptors (Lipinski definition) is 0. The molecular formula is C4H16N2ScSi2-2. The van der Waals surface area contributed by atoms with E-state index in [0.29, 0.717) is 0 Å². The Kier molecular flexibility index (Phi) is 22.1. The van der Waals surface area contributed by atoms with Crippen molar-refractivity contribution < 1.29 is 25.8 Å². The summed E-state index contributed by atoms with van der Waals surface area (Å²) < 4.78 is 0. The Bertz CT molecular complexity index is 32.0. The first-order valence-electron chi connectivity index (χ1n) is 2.89. The molecule has 0 aromatic heterocycles. The van der Waals surface area contributed by atoms with Gasteiger partial charge in [0, 0.05) is 25.8 Å². The summed E-state index contributed by atoms with van der Waals surface area (Å²) in [5.41, 5.74) is 0. The molecule has 0 aliphatic heterocycles. The van der Waals surface area contributed by atoms with Crippen LogP contribution in [0.5, 0.6) is 0 Å². The van der Waals surface area contributed by atoms with Crippen molar-refractivity contribution in [2.75, 3.05) is 0 Å². The van der Waals surface area contributed by atoms with Crippen LogP contribution in [0.3, 0.4) is 0 Å². The van der Waals surface area contributed by atoms with Crippen LogP contribution in [0.15, 0.2) is 0 Å². The summed E-state index contributed by atoms with van der Waals surface area (Å²) in [7, 11) is -1.78. The molecule has 55 valence electrons. The summed E-state index contributed by atoms with van der Waals surface area (Å²) in [5, 5.41) is 13.4. The van der Waals surface area contributed by atoms with E-state index in [4.69, 9.17) is 10.8 Å². The number of nitrogens with one attached hydrogen (secondary N) is 2. The Hall–Kier alpha value is 1.22. The molecule has 5 heteroatoms. The SMILES string of the molecule is C[SiH](C)[NH-].C[SiH](C)[NH-].[Sc]. The van der Waals surface area contributed by atoms with Gasteiger partial charge in [-0.25, -0.2) is 0 Å². The fourth-order valence-corrected chi connectivity index (χ4v) is 0. The minimum atomic E-state index is -0.889. The molecule has 0 amide bonds. The molecule has 0 aromatic carbocycles. The molecule has 0 saturated carbocycles. The third kappa shape index (κ3) is 321. The Morgan fingerprint density at radius 2 is 0.778 bits per heavy atom. The third-order valence-corrected chi connectivity index (χ3v) is 0. The Balaban J connectivity index is -0.0000000720. The molecular weight excluding hydrogens is 177 g/mol. The van der Waals surface area contributed by atoms with Crippen LogP contribution in [0.25, 0.3) is 10.8 Å². The molecule has 0 aliphatic carbocycles. The minimum Gasteiger partial charge on any atom is -0.682 e. The van der Waals surface area contributed by atoms with E-state index < -0.39 is 17.9 Å². The maximum absolute atomic E-state index is 6.72. The van der Waals surface area contributed by atoms with Crippen LogP contribution < -0.4 is 0 Å². The van der Waals surface area contributed by atoms with Gasteiger partial charge in [0.05, 0.1) is 0 Å². The molecule has 0 aromatic rings. The van der Waals surface area contributed by atoms with Gasteiger partial charge in [-0.3, -0.25) is 0 Å². The predicted octanol–water partition coefficient (Wildman–Crippen LogP) is 2.04. The van der Waals surface area contributed by atoms with E-state index in [1.165, 1.54) is 0 Å². The molecule has 1 radical (unpaired) electrons. The third-order valence-electron chi connectivity index (χ3n) is 0. The Morgan fingerprint density at radius 1 is 0.778 bits per heavy atom. The molecule has 2 N–H and O–H groups in total. The predicted molar refractivity (Wildman–Crippen MR) is 46.4 cm³/mol. The van der Waals surface area contributed by atoms with Gasteiger partial charge in [-0.2, -0.15) is 0 Å². The zero-order chi connectivity index (χ0) is 7.15. The number of rotatable bonds is 0. The first-order valence-corrected chi connectivity index (χ1v) is 8.66. The summed E-state index contributed by atoms with van der Waals surface area (Å²) >= 11 is 0. The van der Waals surface area contributed by atoms with Gasteiger partial charge in [0.2, 0.25) is 0 Å². The topological polar surface area (TPSA) is 47.6 Å². The summed E-state index contributed by atoms with van der Waals surface area (Å²) in [6.45, 7) is 7.89. The van der Waals surface area contributed by atoms with Crippen LogP contribution in [0.1, 0.15) is 0 Å². The maximum atomic E-state index is 6.72. The van der Waals surface area contributed by atoms with Gasteiger partial charge in [-0.1, -0.05) is 44.1 Å². The van der Waals surface area contributed by atoms with Crippen LogP contribution in [0.4, 0.5) is 0 Å². The van der Waals surface area contributed by atoms with Gasteiger partial charge < -0.3 is 10.8 Å². The molecule has 0 heterocycles. The normalized spacial score (nSPS) is 8.00. The van der Waals surface area contributed by atoms with Crippen molar-refractivity contribution in [1.29, 1.82) is 0 Å². The molecule has 9 heavy (non-hydrogen) atoms. The largest absolute Gasteiger partial charge is 0.682 e. The van der Waals surface area contributed by atoms with Crippen molar-refractivity contribution in [3.63, 3.8) is 0 Å². The second-order valence-corrected chi connectivity index (χ2v) is 6.93. The van der Waals surface area contributed by atoms with Gasteiger partial charge in [-0.05, 0) is 0 Å². The smallest absolute Gasteiger partial charge is 0 e. The molecule has 0 bridgehead atoms. The van der Waals surface area contributed by atoms with E-state index in [1.54, 1.807) is 0 Å². The Morgan fingerprint density at radius 3 is 0.778 bits per heavy atom. The van der Waals surface area contributed by atoms with E-state index >= 15 is 0 Å². The van der Waals surface area contributed by atoms with Crippen LogP contribution in [-0.4, -0.2) is 17.9 Å². The first-order chi connectivity index (χ1) is 3.46. The van der Waals surface area contributed by atoms with Gasteiger partial charge >= 0.3 is 0 Å². The minimum absolute atomic E-state index is 0. The average Bonchev–Trinajstić information content (AvgIpc) is 1.25. The van der Waals surface area contributed by atoms with Crippen molar-refractivity contribution in [3.05, 3.63) is 10.8 Å². The van der Waals surface area contributed by atoms with Crippen molar-refractivity contribution in [2.24, 2.45) is 0 Å². The fraction of sp³-hybridized carbons (Fsp3) is 1.00. The molecule has 0 rings (SSSR count). The van der Waals surface area contributed by atoms with Crippen molar-refractivity contribution >= 4 is 17.9 Å². The molecule has 0 atom stereocenters. The molecule has 0 saturated heterocycles. The fourth-order valence-electron chi connectivity index (χ4n) is 0. The van der Waals surface area contributed by atoms with Crippen LogP contribution in [0.2, 0.25) is 26.2 Å². The van der Waals surface area contributed by atoms with E-state index in [9.17, 15) is 0 Å². The first kappa shape index (κ1) is 16.7. The quantitative estimate of drug-likeness (QED) is 0.529. The van der Waals surface area contributed by atoms with Crippen molar-refractivity contribution in [1.82, 2.24) is 0 Å². The Labute approximate surface area is 80.5 Å². The van der Waals surface area contributed by atoms with Gasteiger partial charge in [0.1, 0.15) is 0 Å². The zero-order valence-electron chi connectivity index (χ0n) is 6.73. The van der Waals surface area contributed by atoms with Crippen molar-refractivity contribution in [2.45, 2.75) is 26.2 Å². The van der Waals surface area contributed by atoms with E-state index in [2.05, 4.69) is 0 Å². The standard InChI is InChI=1S/2C2H8NSi.Sc/c2*1-4(2)3;/h2*3-4H,1-2H3;/q2*-1;. The second kappa shape index (κ2) is 12.0. The maximum Gasteiger partial charge on any atom is 0 e. The summed E-state index contributed by atoms with van der Waals surface area (Å²) in [6, 6.07) is 0. The van der Waals surface area contributed by atoms with Crippen LogP contribution in [0, 0.1) is 0 Å². The molecule has 0 unspecified atom stereocenters. The van der Waals surface area contributed by atoms with Crippen LogP contribution in [-0.2, 0) is 25.8 Å². The van der Waals surface area contributed by atoms with Crippen LogP contribution >= 0.6 is 0 Å². The molecule has 0 aliphatic rings. The van der Waals surface area contributed by atoms with Gasteiger partial charge in [0.15, 0.2) is 0 Å². The van der Waals surface area contributed by atoms with E-state index in [-0.39, 0.29) is 25.8 Å². The molecule has 2 nitrogen and oxygen atoms in total. The zero-order valence-corrected chi connectivity index (χ0v) is 10.8. The monoisotopic (exact) mass is 193 g/mol. The molecule has 0 spiro atoms.